The standard InChI is InChI=1S/C18H26N2O3S/c1-18(2,3)15-17(21)19-10-12-20(13-11-19)24(22,23)14-9-16-7-5-4-6-8-16/h4-9,14H,10-13,15H2,1-3H3/b14-9+. The average molecular weight is 350 g/mol. The van der Waals surface area contributed by atoms with Crippen molar-refractivity contribution in [1.82, 2.24) is 9.21 Å². The maximum absolute atomic E-state index is 12.4. The number of carbonyl (C=O) groups is 1. The Hall–Kier alpha value is -1.66. The van der Waals surface area contributed by atoms with Crippen LogP contribution < -0.4 is 0 Å². The highest BCUT2D eigenvalue weighted by Crippen LogP contribution is 2.21. The van der Waals surface area contributed by atoms with E-state index in [9.17, 15) is 13.2 Å². The van der Waals surface area contributed by atoms with E-state index in [0.29, 0.717) is 32.6 Å². The highest BCUT2D eigenvalue weighted by atomic mass is 32.2. The van der Waals surface area contributed by atoms with E-state index in [0.717, 1.165) is 5.56 Å². The van der Waals surface area contributed by atoms with Crippen LogP contribution in [0, 0.1) is 5.41 Å². The zero-order valence-corrected chi connectivity index (χ0v) is 15.4. The fourth-order valence-electron chi connectivity index (χ4n) is 2.57. The largest absolute Gasteiger partial charge is 0.340 e. The highest BCUT2D eigenvalue weighted by molar-refractivity contribution is 7.92. The lowest BCUT2D eigenvalue weighted by molar-refractivity contribution is -0.134. The second-order valence-corrected chi connectivity index (χ2v) is 9.09. The van der Waals surface area contributed by atoms with E-state index in [4.69, 9.17) is 0 Å². The first kappa shape index (κ1) is 18.7. The minimum absolute atomic E-state index is 0.0568. The quantitative estimate of drug-likeness (QED) is 0.838. The molecule has 0 radical (unpaired) electrons. The van der Waals surface area contributed by atoms with Crippen LogP contribution in [0.1, 0.15) is 32.8 Å². The summed E-state index contributed by atoms with van der Waals surface area (Å²) >= 11 is 0. The van der Waals surface area contributed by atoms with Gasteiger partial charge >= 0.3 is 0 Å². The number of rotatable bonds is 4. The third-order valence-corrected chi connectivity index (χ3v) is 5.43. The molecular formula is C18H26N2O3S. The van der Waals surface area contributed by atoms with Gasteiger partial charge in [-0.25, -0.2) is 8.42 Å². The summed E-state index contributed by atoms with van der Waals surface area (Å²) in [4.78, 5) is 14.0. The molecule has 1 aliphatic rings. The number of amides is 1. The molecule has 1 amide bonds. The number of sulfonamides is 1. The van der Waals surface area contributed by atoms with E-state index in [1.165, 1.54) is 9.71 Å². The van der Waals surface area contributed by atoms with E-state index in [1.54, 1.807) is 11.0 Å². The first-order valence-corrected chi connectivity index (χ1v) is 9.69. The van der Waals surface area contributed by atoms with E-state index >= 15 is 0 Å². The minimum atomic E-state index is -3.45. The SMILES string of the molecule is CC(C)(C)CC(=O)N1CCN(S(=O)(=O)/C=C/c2ccccc2)CC1. The number of piperazine rings is 1. The molecule has 0 atom stereocenters. The molecule has 0 N–H and O–H groups in total. The van der Waals surface area contributed by atoms with Crippen LogP contribution in [0.15, 0.2) is 35.7 Å². The Kier molecular flexibility index (Phi) is 5.83. The molecule has 0 aromatic heterocycles. The van der Waals surface area contributed by atoms with E-state index in [1.807, 2.05) is 51.1 Å². The van der Waals surface area contributed by atoms with Gasteiger partial charge < -0.3 is 4.90 Å². The number of nitrogens with zero attached hydrogens (tertiary/aromatic N) is 2. The normalized spacial score (nSPS) is 17.4. The van der Waals surface area contributed by atoms with Gasteiger partial charge in [-0.15, -0.1) is 0 Å². The molecule has 1 aromatic rings. The van der Waals surface area contributed by atoms with Crippen LogP contribution in [0.3, 0.4) is 0 Å². The van der Waals surface area contributed by atoms with Gasteiger partial charge in [0.2, 0.25) is 15.9 Å². The summed E-state index contributed by atoms with van der Waals surface area (Å²) in [5.41, 5.74) is 0.790. The van der Waals surface area contributed by atoms with Crippen molar-refractivity contribution in [2.75, 3.05) is 26.2 Å². The van der Waals surface area contributed by atoms with Crippen LogP contribution in [0.25, 0.3) is 6.08 Å². The summed E-state index contributed by atoms with van der Waals surface area (Å²) in [6.45, 7) is 7.68. The summed E-state index contributed by atoms with van der Waals surface area (Å²) in [5, 5.41) is 1.25. The van der Waals surface area contributed by atoms with Crippen LogP contribution in [0.2, 0.25) is 0 Å². The van der Waals surface area contributed by atoms with Crippen molar-refractivity contribution >= 4 is 22.0 Å². The Bertz CT molecular complexity index is 683. The van der Waals surface area contributed by atoms with Crippen LogP contribution >= 0.6 is 0 Å². The molecular weight excluding hydrogens is 324 g/mol. The van der Waals surface area contributed by atoms with Crippen molar-refractivity contribution in [1.29, 1.82) is 0 Å². The molecule has 1 saturated heterocycles. The van der Waals surface area contributed by atoms with Gasteiger partial charge in [0.15, 0.2) is 0 Å². The Balaban J connectivity index is 1.93. The first-order chi connectivity index (χ1) is 11.2. The average Bonchev–Trinajstić information content (AvgIpc) is 2.53. The fourth-order valence-corrected chi connectivity index (χ4v) is 3.75. The predicted molar refractivity (Wildman–Crippen MR) is 96.6 cm³/mol. The van der Waals surface area contributed by atoms with Gasteiger partial charge in [0.1, 0.15) is 0 Å². The number of benzene rings is 1. The maximum atomic E-state index is 12.4. The summed E-state index contributed by atoms with van der Waals surface area (Å²) < 4.78 is 26.2. The molecule has 5 nitrogen and oxygen atoms in total. The van der Waals surface area contributed by atoms with Crippen molar-refractivity contribution in [2.24, 2.45) is 5.41 Å². The second kappa shape index (κ2) is 7.49. The topological polar surface area (TPSA) is 57.7 Å². The Morgan fingerprint density at radius 3 is 2.21 bits per heavy atom. The van der Waals surface area contributed by atoms with Crippen molar-refractivity contribution in [3.63, 3.8) is 0 Å². The molecule has 1 heterocycles. The van der Waals surface area contributed by atoms with Crippen molar-refractivity contribution < 1.29 is 13.2 Å². The molecule has 0 saturated carbocycles. The lowest BCUT2D eigenvalue weighted by Gasteiger charge is -2.34. The molecule has 1 aliphatic heterocycles. The van der Waals surface area contributed by atoms with Gasteiger partial charge in [0.05, 0.1) is 0 Å². The lowest BCUT2D eigenvalue weighted by Crippen LogP contribution is -2.50. The predicted octanol–water partition coefficient (Wildman–Crippen LogP) is 2.57. The highest BCUT2D eigenvalue weighted by Gasteiger charge is 2.28. The van der Waals surface area contributed by atoms with Crippen LogP contribution in [-0.4, -0.2) is 49.7 Å². The van der Waals surface area contributed by atoms with Crippen molar-refractivity contribution in [3.8, 4) is 0 Å². The van der Waals surface area contributed by atoms with Gasteiger partial charge in [0, 0.05) is 38.0 Å². The number of carbonyl (C=O) groups excluding carboxylic acids is 1. The van der Waals surface area contributed by atoms with Crippen molar-refractivity contribution in [2.45, 2.75) is 27.2 Å². The summed E-state index contributed by atoms with van der Waals surface area (Å²) in [5.74, 6) is 0.0966. The van der Waals surface area contributed by atoms with Crippen LogP contribution in [-0.2, 0) is 14.8 Å². The molecule has 1 aromatic carbocycles. The second-order valence-electron chi connectivity index (χ2n) is 7.28. The Labute approximate surface area is 145 Å². The molecule has 2 rings (SSSR count). The van der Waals surface area contributed by atoms with Gasteiger partial charge in [-0.3, -0.25) is 4.79 Å². The summed E-state index contributed by atoms with van der Waals surface area (Å²) in [7, 11) is -3.45. The third-order valence-electron chi connectivity index (χ3n) is 3.86. The van der Waals surface area contributed by atoms with E-state index in [-0.39, 0.29) is 11.3 Å². The van der Waals surface area contributed by atoms with E-state index < -0.39 is 10.0 Å². The zero-order valence-electron chi connectivity index (χ0n) is 14.6. The Morgan fingerprint density at radius 2 is 1.67 bits per heavy atom. The third kappa shape index (κ3) is 5.46. The smallest absolute Gasteiger partial charge is 0.236 e. The summed E-state index contributed by atoms with van der Waals surface area (Å²) in [6.07, 6.45) is 2.08. The molecule has 1 fully saturated rings. The zero-order chi connectivity index (χ0) is 17.8. The molecule has 0 bridgehead atoms. The molecule has 6 heteroatoms. The molecule has 0 aliphatic carbocycles. The molecule has 0 unspecified atom stereocenters. The van der Waals surface area contributed by atoms with Gasteiger partial charge in [0.25, 0.3) is 0 Å². The molecule has 24 heavy (non-hydrogen) atoms. The van der Waals surface area contributed by atoms with Crippen LogP contribution in [0.5, 0.6) is 0 Å². The van der Waals surface area contributed by atoms with Gasteiger partial charge in [-0.1, -0.05) is 51.1 Å². The first-order valence-electron chi connectivity index (χ1n) is 8.18. The van der Waals surface area contributed by atoms with Gasteiger partial charge in [-0.2, -0.15) is 4.31 Å². The molecule has 132 valence electrons. The summed E-state index contributed by atoms with van der Waals surface area (Å²) in [6, 6.07) is 9.34. The number of hydrogen-bond acceptors (Lipinski definition) is 3. The monoisotopic (exact) mass is 350 g/mol. The van der Waals surface area contributed by atoms with Crippen molar-refractivity contribution in [3.05, 3.63) is 41.3 Å². The molecule has 0 spiro atoms. The Morgan fingerprint density at radius 1 is 1.08 bits per heavy atom. The maximum Gasteiger partial charge on any atom is 0.236 e. The van der Waals surface area contributed by atoms with Crippen LogP contribution in [0.4, 0.5) is 0 Å². The fraction of sp³-hybridized carbons (Fsp3) is 0.500. The number of hydrogen-bond donors (Lipinski definition) is 0. The van der Waals surface area contributed by atoms with E-state index in [2.05, 4.69) is 0 Å². The lowest BCUT2D eigenvalue weighted by atomic mass is 9.91. The van der Waals surface area contributed by atoms with Gasteiger partial charge in [-0.05, 0) is 17.1 Å². The minimum Gasteiger partial charge on any atom is -0.340 e.